The van der Waals surface area contributed by atoms with Gasteiger partial charge in [0.1, 0.15) is 5.82 Å². The first-order chi connectivity index (χ1) is 11.6. The number of halogens is 1. The molecule has 0 fully saturated rings. The summed E-state index contributed by atoms with van der Waals surface area (Å²) in [6, 6.07) is 14.6. The van der Waals surface area contributed by atoms with E-state index in [4.69, 9.17) is 0 Å². The molecule has 0 unspecified atom stereocenters. The van der Waals surface area contributed by atoms with Crippen LogP contribution in [0.1, 0.15) is 23.4 Å². The topological polar surface area (TPSA) is 33.2 Å². The normalized spacial score (nSPS) is 10.9. The van der Waals surface area contributed by atoms with E-state index in [1.807, 2.05) is 18.2 Å². The number of para-hydroxylation sites is 1. The van der Waals surface area contributed by atoms with Gasteiger partial charge >= 0.3 is 0 Å². The summed E-state index contributed by atoms with van der Waals surface area (Å²) in [7, 11) is 1.71. The van der Waals surface area contributed by atoms with E-state index in [2.05, 4.69) is 11.1 Å². The van der Waals surface area contributed by atoms with Crippen LogP contribution in [-0.4, -0.2) is 22.8 Å². The molecule has 24 heavy (non-hydrogen) atoms. The lowest BCUT2D eigenvalue weighted by Gasteiger charge is -2.17. The Labute approximate surface area is 144 Å². The molecular weight excluding hydrogens is 323 g/mol. The van der Waals surface area contributed by atoms with Gasteiger partial charge in [-0.2, -0.15) is 0 Å². The lowest BCUT2D eigenvalue weighted by Crippen LogP contribution is -2.26. The Morgan fingerprint density at radius 2 is 1.92 bits per heavy atom. The molecule has 3 rings (SSSR count). The van der Waals surface area contributed by atoms with Crippen LogP contribution in [0.3, 0.4) is 0 Å². The third-order valence-corrected chi connectivity index (χ3v) is 5.01. The van der Waals surface area contributed by atoms with Crippen LogP contribution in [0, 0.1) is 5.82 Å². The number of fused-ring (bicyclic) bond motifs is 1. The number of benzene rings is 2. The van der Waals surface area contributed by atoms with Crippen LogP contribution in [0.2, 0.25) is 0 Å². The summed E-state index contributed by atoms with van der Waals surface area (Å²) in [5, 5.41) is 1.06. The molecule has 0 aliphatic rings. The quantitative estimate of drug-likeness (QED) is 0.664. The molecule has 3 aromatic rings. The Bertz CT molecular complexity index is 813. The molecule has 0 saturated heterocycles. The highest BCUT2D eigenvalue weighted by molar-refractivity contribution is 7.18. The molecule has 0 aliphatic carbocycles. The maximum atomic E-state index is 13.6. The standard InChI is InChI=1S/C19H19FN2OS/c1-22(13-14-7-2-3-8-15(14)20)19(23)12-6-11-18-21-16-9-4-5-10-17(16)24-18/h2-5,7-10H,6,11-13H2,1H3. The minimum atomic E-state index is -0.272. The monoisotopic (exact) mass is 342 g/mol. The van der Waals surface area contributed by atoms with Crippen LogP contribution in [0.25, 0.3) is 10.2 Å². The zero-order valence-electron chi connectivity index (χ0n) is 13.5. The second kappa shape index (κ2) is 7.53. The van der Waals surface area contributed by atoms with Crippen molar-refractivity contribution in [3.05, 3.63) is 64.9 Å². The van der Waals surface area contributed by atoms with Crippen molar-refractivity contribution in [3.8, 4) is 0 Å². The summed E-state index contributed by atoms with van der Waals surface area (Å²) >= 11 is 1.68. The van der Waals surface area contributed by atoms with E-state index in [-0.39, 0.29) is 11.7 Å². The molecule has 0 saturated carbocycles. The second-order valence-electron chi connectivity index (χ2n) is 5.77. The third-order valence-electron chi connectivity index (χ3n) is 3.91. The lowest BCUT2D eigenvalue weighted by molar-refractivity contribution is -0.130. The third kappa shape index (κ3) is 3.97. The van der Waals surface area contributed by atoms with Gasteiger partial charge in [0.15, 0.2) is 0 Å². The number of rotatable bonds is 6. The van der Waals surface area contributed by atoms with E-state index in [9.17, 15) is 9.18 Å². The SMILES string of the molecule is CN(Cc1ccccc1F)C(=O)CCCc1nc2ccccc2s1. The number of hydrogen-bond acceptors (Lipinski definition) is 3. The van der Waals surface area contributed by atoms with Crippen molar-refractivity contribution < 1.29 is 9.18 Å². The van der Waals surface area contributed by atoms with Crippen molar-refractivity contribution in [3.63, 3.8) is 0 Å². The Morgan fingerprint density at radius 1 is 1.17 bits per heavy atom. The van der Waals surface area contributed by atoms with E-state index >= 15 is 0 Å². The number of carbonyl (C=O) groups excluding carboxylic acids is 1. The fourth-order valence-corrected chi connectivity index (χ4v) is 3.59. The Balaban J connectivity index is 1.50. The Hall–Kier alpha value is -2.27. The van der Waals surface area contributed by atoms with E-state index in [0.29, 0.717) is 18.5 Å². The Kier molecular flexibility index (Phi) is 5.20. The predicted octanol–water partition coefficient (Wildman–Crippen LogP) is 4.42. The zero-order valence-corrected chi connectivity index (χ0v) is 14.4. The van der Waals surface area contributed by atoms with E-state index in [1.165, 1.54) is 10.8 Å². The van der Waals surface area contributed by atoms with Crippen molar-refractivity contribution >= 4 is 27.5 Å². The molecule has 5 heteroatoms. The van der Waals surface area contributed by atoms with Gasteiger partial charge in [0, 0.05) is 25.6 Å². The van der Waals surface area contributed by atoms with Crippen molar-refractivity contribution in [2.75, 3.05) is 7.05 Å². The molecular formula is C19H19FN2OS. The lowest BCUT2D eigenvalue weighted by atomic mass is 10.2. The van der Waals surface area contributed by atoms with Gasteiger partial charge in [0.25, 0.3) is 0 Å². The van der Waals surface area contributed by atoms with E-state index in [1.54, 1.807) is 41.5 Å². The molecule has 3 nitrogen and oxygen atoms in total. The molecule has 124 valence electrons. The Morgan fingerprint density at radius 3 is 2.71 bits per heavy atom. The fourth-order valence-electron chi connectivity index (χ4n) is 2.58. The number of amides is 1. The van der Waals surface area contributed by atoms with Crippen LogP contribution >= 0.6 is 11.3 Å². The number of hydrogen-bond donors (Lipinski definition) is 0. The number of carbonyl (C=O) groups is 1. The van der Waals surface area contributed by atoms with Gasteiger partial charge in [-0.25, -0.2) is 9.37 Å². The number of aryl methyl sites for hydroxylation is 1. The summed E-state index contributed by atoms with van der Waals surface area (Å²) in [4.78, 5) is 18.4. The van der Waals surface area contributed by atoms with Crippen molar-refractivity contribution in [1.29, 1.82) is 0 Å². The number of thiazole rings is 1. The molecule has 0 aliphatic heterocycles. The first-order valence-corrected chi connectivity index (χ1v) is 8.77. The number of nitrogens with zero attached hydrogens (tertiary/aromatic N) is 2. The number of aromatic nitrogens is 1. The molecule has 0 spiro atoms. The van der Waals surface area contributed by atoms with Crippen LogP contribution in [0.4, 0.5) is 4.39 Å². The van der Waals surface area contributed by atoms with Crippen molar-refractivity contribution in [2.24, 2.45) is 0 Å². The highest BCUT2D eigenvalue weighted by Crippen LogP contribution is 2.22. The molecule has 0 atom stereocenters. The molecule has 1 amide bonds. The smallest absolute Gasteiger partial charge is 0.222 e. The highest BCUT2D eigenvalue weighted by Gasteiger charge is 2.12. The van der Waals surface area contributed by atoms with Crippen molar-refractivity contribution in [1.82, 2.24) is 9.88 Å². The average molecular weight is 342 g/mol. The first kappa shape index (κ1) is 16.6. The molecule has 0 bridgehead atoms. The molecule has 1 aromatic heterocycles. The maximum Gasteiger partial charge on any atom is 0.222 e. The summed E-state index contributed by atoms with van der Waals surface area (Å²) in [5.74, 6) is -0.244. The van der Waals surface area contributed by atoms with E-state index < -0.39 is 0 Å². The molecule has 2 aromatic carbocycles. The van der Waals surface area contributed by atoms with E-state index in [0.717, 1.165) is 23.4 Å². The van der Waals surface area contributed by atoms with Crippen LogP contribution in [0.15, 0.2) is 48.5 Å². The summed E-state index contributed by atoms with van der Waals surface area (Å²) in [6.45, 7) is 0.298. The van der Waals surface area contributed by atoms with Crippen LogP contribution in [-0.2, 0) is 17.8 Å². The van der Waals surface area contributed by atoms with Crippen LogP contribution in [0.5, 0.6) is 0 Å². The van der Waals surface area contributed by atoms with Crippen molar-refractivity contribution in [2.45, 2.75) is 25.8 Å². The van der Waals surface area contributed by atoms with Gasteiger partial charge < -0.3 is 4.90 Å². The van der Waals surface area contributed by atoms with Gasteiger partial charge in [0.2, 0.25) is 5.91 Å². The summed E-state index contributed by atoms with van der Waals surface area (Å²) < 4.78 is 14.8. The second-order valence-corrected chi connectivity index (χ2v) is 6.89. The van der Waals surface area contributed by atoms with Gasteiger partial charge in [-0.05, 0) is 31.0 Å². The largest absolute Gasteiger partial charge is 0.341 e. The van der Waals surface area contributed by atoms with Crippen LogP contribution < -0.4 is 0 Å². The zero-order chi connectivity index (χ0) is 16.9. The van der Waals surface area contributed by atoms with Gasteiger partial charge in [-0.3, -0.25) is 4.79 Å². The predicted molar refractivity (Wildman–Crippen MR) is 95.4 cm³/mol. The van der Waals surface area contributed by atoms with Gasteiger partial charge in [-0.15, -0.1) is 11.3 Å². The van der Waals surface area contributed by atoms with Gasteiger partial charge in [0.05, 0.1) is 15.2 Å². The van der Waals surface area contributed by atoms with Gasteiger partial charge in [-0.1, -0.05) is 30.3 Å². The maximum absolute atomic E-state index is 13.6. The summed E-state index contributed by atoms with van der Waals surface area (Å²) in [5.41, 5.74) is 1.56. The minimum Gasteiger partial charge on any atom is -0.341 e. The summed E-state index contributed by atoms with van der Waals surface area (Å²) in [6.07, 6.45) is 1.99. The first-order valence-electron chi connectivity index (χ1n) is 7.95. The fraction of sp³-hybridized carbons (Fsp3) is 0.263. The molecule has 0 radical (unpaired) electrons. The molecule has 1 heterocycles. The average Bonchev–Trinajstić information content (AvgIpc) is 2.99. The highest BCUT2D eigenvalue weighted by atomic mass is 32.1. The minimum absolute atomic E-state index is 0.0272. The molecule has 0 N–H and O–H groups in total.